The van der Waals surface area contributed by atoms with E-state index in [1.54, 1.807) is 11.3 Å². The smallest absolute Gasteiger partial charge is 0.416 e. The third-order valence-corrected chi connectivity index (χ3v) is 5.87. The second-order valence-corrected chi connectivity index (χ2v) is 8.41. The summed E-state index contributed by atoms with van der Waals surface area (Å²) in [5.41, 5.74) is 3.47. The fourth-order valence-electron chi connectivity index (χ4n) is 5.09. The first-order valence-electron chi connectivity index (χ1n) is 10.7. The van der Waals surface area contributed by atoms with Crippen LogP contribution in [0.4, 0.5) is 0 Å². The van der Waals surface area contributed by atoms with E-state index in [0.29, 0.717) is 18.3 Å². The molecule has 138 valence electrons. The van der Waals surface area contributed by atoms with E-state index in [1.807, 2.05) is 0 Å². The van der Waals surface area contributed by atoms with Crippen LogP contribution in [0.2, 0.25) is 5.31 Å². The van der Waals surface area contributed by atoms with Gasteiger partial charge in [-0.05, 0) is 56.4 Å². The van der Waals surface area contributed by atoms with Crippen LogP contribution in [-0.4, -0.2) is 25.0 Å². The molecule has 0 aromatic carbocycles. The van der Waals surface area contributed by atoms with Gasteiger partial charge >= 0.3 is 7.05 Å². The minimum absolute atomic E-state index is 0.294. The van der Waals surface area contributed by atoms with Gasteiger partial charge in [0, 0.05) is 24.2 Å². The number of unbranched alkanes of at least 4 members (excludes halogenated alkanes) is 1. The highest BCUT2D eigenvalue weighted by atomic mass is 16.4. The lowest BCUT2D eigenvalue weighted by atomic mass is 9.47. The van der Waals surface area contributed by atoms with Crippen LogP contribution >= 0.6 is 0 Å². The second kappa shape index (κ2) is 9.31. The first-order chi connectivity index (χ1) is 11.6. The molecular weight excluding hydrogens is 293 g/mol. The Labute approximate surface area is 151 Å². The fourth-order valence-corrected chi connectivity index (χ4v) is 5.09. The molecule has 3 heteroatoms. The summed E-state index contributed by atoms with van der Waals surface area (Å²) < 4.78 is 6.65. The van der Waals surface area contributed by atoms with Gasteiger partial charge in [-0.2, -0.15) is 0 Å². The van der Waals surface area contributed by atoms with Crippen LogP contribution in [0.5, 0.6) is 0 Å². The molecular formula is C21H40BNO. The summed E-state index contributed by atoms with van der Waals surface area (Å²) in [5.74, 6) is 0.692. The van der Waals surface area contributed by atoms with Crippen molar-refractivity contribution >= 4 is 7.05 Å². The molecule has 0 bridgehead atoms. The Kier molecular flexibility index (Phi) is 7.72. The molecule has 1 aliphatic heterocycles. The van der Waals surface area contributed by atoms with Crippen LogP contribution in [0.15, 0.2) is 11.3 Å². The number of hydrogen-bond donors (Lipinski definition) is 0. The van der Waals surface area contributed by atoms with Crippen LogP contribution in [0, 0.1) is 5.92 Å². The van der Waals surface area contributed by atoms with Crippen LogP contribution in [0.25, 0.3) is 0 Å². The number of rotatable bonds is 10. The first kappa shape index (κ1) is 19.9. The van der Waals surface area contributed by atoms with Crippen molar-refractivity contribution in [3.05, 3.63) is 11.3 Å². The molecule has 0 atom stereocenters. The molecule has 0 fully saturated rings. The highest BCUT2D eigenvalue weighted by Gasteiger charge is 2.56. The molecule has 1 aliphatic carbocycles. The molecule has 0 saturated heterocycles. The van der Waals surface area contributed by atoms with Gasteiger partial charge in [-0.3, -0.25) is 0 Å². The van der Waals surface area contributed by atoms with Gasteiger partial charge < -0.3 is 9.47 Å². The lowest BCUT2D eigenvalue weighted by Gasteiger charge is -2.38. The van der Waals surface area contributed by atoms with E-state index < -0.39 is 0 Å². The Morgan fingerprint density at radius 2 is 1.71 bits per heavy atom. The molecule has 2 rings (SSSR count). The van der Waals surface area contributed by atoms with Crippen molar-refractivity contribution in [1.82, 2.24) is 4.81 Å². The Balaban J connectivity index is 2.38. The zero-order valence-corrected chi connectivity index (χ0v) is 17.0. The number of allylic oxidation sites excluding steroid dienone is 2. The largest absolute Gasteiger partial charge is 0.426 e. The summed E-state index contributed by atoms with van der Waals surface area (Å²) >= 11 is 0. The van der Waals surface area contributed by atoms with Gasteiger partial charge in [-0.25, -0.2) is 0 Å². The van der Waals surface area contributed by atoms with Crippen molar-refractivity contribution in [3.8, 4) is 0 Å². The van der Waals surface area contributed by atoms with Crippen LogP contribution in [-0.2, 0) is 4.65 Å². The summed E-state index contributed by atoms with van der Waals surface area (Å²) in [6.45, 7) is 13.8. The monoisotopic (exact) mass is 333 g/mol. The maximum absolute atomic E-state index is 6.65. The maximum atomic E-state index is 6.65. The van der Waals surface area contributed by atoms with Gasteiger partial charge in [0.1, 0.15) is 0 Å². The van der Waals surface area contributed by atoms with Gasteiger partial charge in [-0.1, -0.05) is 53.9 Å². The van der Waals surface area contributed by atoms with Crippen molar-refractivity contribution < 1.29 is 4.65 Å². The summed E-state index contributed by atoms with van der Waals surface area (Å²) in [5, 5.41) is 0.294. The van der Waals surface area contributed by atoms with Gasteiger partial charge in [0.25, 0.3) is 0 Å². The van der Waals surface area contributed by atoms with Crippen LogP contribution in [0.3, 0.4) is 0 Å². The highest BCUT2D eigenvalue weighted by Crippen LogP contribution is 2.59. The van der Waals surface area contributed by atoms with Crippen molar-refractivity contribution in [2.45, 2.75) is 104 Å². The Bertz CT molecular complexity index is 412. The third-order valence-electron chi connectivity index (χ3n) is 5.87. The normalized spacial score (nSPS) is 20.2. The maximum Gasteiger partial charge on any atom is 0.426 e. The van der Waals surface area contributed by atoms with Gasteiger partial charge in [0.05, 0.1) is 0 Å². The molecule has 0 saturated carbocycles. The average molecular weight is 333 g/mol. The predicted molar refractivity (Wildman–Crippen MR) is 106 cm³/mol. The van der Waals surface area contributed by atoms with E-state index in [1.165, 1.54) is 64.2 Å². The molecule has 0 unspecified atom stereocenters. The molecule has 1 heterocycles. The molecule has 0 N–H and O–H groups in total. The fraction of sp³-hybridized carbons (Fsp3) is 0.905. The zero-order valence-electron chi connectivity index (χ0n) is 17.0. The summed E-state index contributed by atoms with van der Waals surface area (Å²) in [6, 6.07) is 0. The third kappa shape index (κ3) is 4.03. The summed E-state index contributed by atoms with van der Waals surface area (Å²) in [6.07, 6.45) is 12.9. The topological polar surface area (TPSA) is 12.5 Å². The molecule has 0 aromatic heterocycles. The standard InChI is InChI=1S/C21H40BNO/c1-6-9-16-24-22-21(14-7-2,15-8-3)19-12-10-11-13-20(19)23(22)17-18(4)5/h18H,6-17H2,1-5H3. The summed E-state index contributed by atoms with van der Waals surface area (Å²) in [7, 11) is 0.300. The Morgan fingerprint density at radius 1 is 1.04 bits per heavy atom. The minimum Gasteiger partial charge on any atom is -0.416 e. The minimum atomic E-state index is 0.294. The molecule has 24 heavy (non-hydrogen) atoms. The molecule has 2 nitrogen and oxygen atoms in total. The molecule has 0 amide bonds. The van der Waals surface area contributed by atoms with Crippen molar-refractivity contribution in [3.63, 3.8) is 0 Å². The van der Waals surface area contributed by atoms with Crippen LogP contribution in [0.1, 0.15) is 98.8 Å². The SMILES string of the molecule is CCCCOB1N(CC(C)C)C2=C(CCCC2)C1(CCC)CCC. The molecule has 0 spiro atoms. The molecule has 0 aromatic rings. The van der Waals surface area contributed by atoms with Gasteiger partial charge in [0.15, 0.2) is 0 Å². The lowest BCUT2D eigenvalue weighted by Crippen LogP contribution is -2.46. The lowest BCUT2D eigenvalue weighted by molar-refractivity contribution is 0.245. The highest BCUT2D eigenvalue weighted by molar-refractivity contribution is 6.55. The van der Waals surface area contributed by atoms with Crippen LogP contribution < -0.4 is 0 Å². The molecule has 0 radical (unpaired) electrons. The van der Waals surface area contributed by atoms with Gasteiger partial charge in [-0.15, -0.1) is 0 Å². The quantitative estimate of drug-likeness (QED) is 0.337. The van der Waals surface area contributed by atoms with Crippen molar-refractivity contribution in [2.75, 3.05) is 13.2 Å². The van der Waals surface area contributed by atoms with Crippen molar-refractivity contribution in [1.29, 1.82) is 0 Å². The predicted octanol–water partition coefficient (Wildman–Crippen LogP) is 6.43. The van der Waals surface area contributed by atoms with E-state index in [2.05, 4.69) is 39.4 Å². The van der Waals surface area contributed by atoms with E-state index in [4.69, 9.17) is 4.65 Å². The second-order valence-electron chi connectivity index (χ2n) is 8.41. The van der Waals surface area contributed by atoms with Gasteiger partial charge in [0.2, 0.25) is 0 Å². The summed E-state index contributed by atoms with van der Waals surface area (Å²) in [4.78, 5) is 2.71. The first-order valence-corrected chi connectivity index (χ1v) is 10.7. The van der Waals surface area contributed by atoms with E-state index in [-0.39, 0.29) is 0 Å². The Morgan fingerprint density at radius 3 is 2.29 bits per heavy atom. The van der Waals surface area contributed by atoms with E-state index in [0.717, 1.165) is 13.2 Å². The van der Waals surface area contributed by atoms with E-state index in [9.17, 15) is 0 Å². The van der Waals surface area contributed by atoms with Crippen molar-refractivity contribution in [2.24, 2.45) is 5.92 Å². The van der Waals surface area contributed by atoms with E-state index >= 15 is 0 Å². The zero-order chi connectivity index (χ0) is 17.6. The Hall–Kier alpha value is -0.435. The number of hydrogen-bond acceptors (Lipinski definition) is 2. The molecule has 2 aliphatic rings. The average Bonchev–Trinajstić information content (AvgIpc) is 2.79. The number of nitrogens with zero attached hydrogens (tertiary/aromatic N) is 1.